The van der Waals surface area contributed by atoms with Crippen LogP contribution in [-0.2, 0) is 9.59 Å². The molecule has 1 aliphatic rings. The molecule has 7 heteroatoms. The van der Waals surface area contributed by atoms with Crippen molar-refractivity contribution < 1.29 is 9.59 Å². The maximum atomic E-state index is 11.8. The van der Waals surface area contributed by atoms with Gasteiger partial charge in [0.05, 0.1) is 5.71 Å². The van der Waals surface area contributed by atoms with E-state index in [4.69, 9.17) is 11.6 Å². The Bertz CT molecular complexity index is 593. The summed E-state index contributed by atoms with van der Waals surface area (Å²) in [4.78, 5) is 22.7. The number of nitrogens with one attached hydrogen (secondary N) is 2. The van der Waals surface area contributed by atoms with Gasteiger partial charge in [0.25, 0.3) is 5.91 Å². The molecule has 0 spiro atoms. The number of amides is 2. The highest BCUT2D eigenvalue weighted by Gasteiger charge is 2.17. The van der Waals surface area contributed by atoms with Crippen molar-refractivity contribution >= 4 is 34.8 Å². The van der Waals surface area contributed by atoms with Crippen LogP contribution in [0.3, 0.4) is 0 Å². The lowest BCUT2D eigenvalue weighted by molar-refractivity contribution is -0.121. The van der Waals surface area contributed by atoms with E-state index in [1.165, 1.54) is 0 Å². The largest absolute Gasteiger partial charge is 0.287 e. The molecule has 0 saturated heterocycles. The van der Waals surface area contributed by atoms with Gasteiger partial charge in [-0.2, -0.15) is 10.2 Å². The summed E-state index contributed by atoms with van der Waals surface area (Å²) >= 11 is 5.80. The predicted octanol–water partition coefficient (Wildman–Crippen LogP) is 1.45. The molecule has 2 amide bonds. The van der Waals surface area contributed by atoms with Gasteiger partial charge in [0.15, 0.2) is 0 Å². The second-order valence-corrected chi connectivity index (χ2v) is 4.67. The molecule has 0 bridgehead atoms. The fraction of sp³-hybridized carbons (Fsp3) is 0.231. The average molecular weight is 293 g/mol. The standard InChI is InChI=1S/C13H13ClN4O2/c1-8(9-2-4-10(14)5-3-9)15-18-13(20)11-6-7-12(19)17-16-11/h2-5H,6-7H2,1H3,(H,17,19)(H,18,20). The fourth-order valence-electron chi connectivity index (χ4n) is 1.59. The number of carbonyl (C=O) groups is 2. The van der Waals surface area contributed by atoms with Crippen LogP contribution >= 0.6 is 11.6 Å². The van der Waals surface area contributed by atoms with Gasteiger partial charge in [-0.3, -0.25) is 9.59 Å². The van der Waals surface area contributed by atoms with E-state index in [2.05, 4.69) is 21.1 Å². The molecule has 1 heterocycles. The topological polar surface area (TPSA) is 82.9 Å². The molecule has 1 aromatic rings. The number of carbonyl (C=O) groups excluding carboxylic acids is 2. The van der Waals surface area contributed by atoms with Crippen LogP contribution < -0.4 is 10.9 Å². The molecule has 2 rings (SSSR count). The van der Waals surface area contributed by atoms with Gasteiger partial charge >= 0.3 is 0 Å². The summed E-state index contributed by atoms with van der Waals surface area (Å²) in [5, 5.41) is 8.33. The van der Waals surface area contributed by atoms with E-state index in [9.17, 15) is 9.59 Å². The number of hydrogen-bond donors (Lipinski definition) is 2. The number of nitrogens with zero attached hydrogens (tertiary/aromatic N) is 2. The highest BCUT2D eigenvalue weighted by molar-refractivity contribution is 6.39. The van der Waals surface area contributed by atoms with Crippen molar-refractivity contribution in [3.63, 3.8) is 0 Å². The molecule has 104 valence electrons. The van der Waals surface area contributed by atoms with E-state index in [1.54, 1.807) is 19.1 Å². The summed E-state index contributed by atoms with van der Waals surface area (Å²) < 4.78 is 0. The first-order valence-electron chi connectivity index (χ1n) is 6.02. The number of benzene rings is 1. The Hall–Kier alpha value is -2.21. The van der Waals surface area contributed by atoms with Crippen molar-refractivity contribution in [2.75, 3.05) is 0 Å². The number of halogens is 1. The van der Waals surface area contributed by atoms with Crippen molar-refractivity contribution in [1.82, 2.24) is 10.9 Å². The first kappa shape index (κ1) is 14.2. The molecule has 1 aliphatic heterocycles. The minimum absolute atomic E-state index is 0.192. The lowest BCUT2D eigenvalue weighted by Crippen LogP contribution is -2.35. The Labute approximate surface area is 120 Å². The highest BCUT2D eigenvalue weighted by atomic mass is 35.5. The second-order valence-electron chi connectivity index (χ2n) is 4.24. The number of hydrazone groups is 2. The van der Waals surface area contributed by atoms with Crippen LogP contribution in [0.25, 0.3) is 0 Å². The smallest absolute Gasteiger partial charge is 0.273 e. The molecular weight excluding hydrogens is 280 g/mol. The van der Waals surface area contributed by atoms with Crippen LogP contribution in [0, 0.1) is 0 Å². The summed E-state index contributed by atoms with van der Waals surface area (Å²) in [7, 11) is 0. The van der Waals surface area contributed by atoms with Crippen molar-refractivity contribution in [2.24, 2.45) is 10.2 Å². The maximum Gasteiger partial charge on any atom is 0.287 e. The second kappa shape index (κ2) is 6.29. The third-order valence-corrected chi connectivity index (χ3v) is 3.01. The Morgan fingerprint density at radius 2 is 2.05 bits per heavy atom. The molecule has 2 N–H and O–H groups in total. The van der Waals surface area contributed by atoms with Gasteiger partial charge in [0.2, 0.25) is 5.91 Å². The Balaban J connectivity index is 2.00. The zero-order valence-electron chi connectivity index (χ0n) is 10.8. The quantitative estimate of drug-likeness (QED) is 0.653. The zero-order valence-corrected chi connectivity index (χ0v) is 11.6. The molecule has 0 unspecified atom stereocenters. The lowest BCUT2D eigenvalue weighted by Gasteiger charge is -2.10. The van der Waals surface area contributed by atoms with E-state index in [-0.39, 0.29) is 18.0 Å². The fourth-order valence-corrected chi connectivity index (χ4v) is 1.72. The summed E-state index contributed by atoms with van der Waals surface area (Å²) in [5.74, 6) is -0.610. The van der Waals surface area contributed by atoms with Crippen LogP contribution in [0.4, 0.5) is 0 Å². The van der Waals surface area contributed by atoms with Crippen molar-refractivity contribution in [1.29, 1.82) is 0 Å². The molecular formula is C13H13ClN4O2. The molecule has 0 aromatic heterocycles. The minimum atomic E-state index is -0.418. The van der Waals surface area contributed by atoms with Gasteiger partial charge in [-0.25, -0.2) is 10.9 Å². The van der Waals surface area contributed by atoms with Crippen molar-refractivity contribution in [3.8, 4) is 0 Å². The van der Waals surface area contributed by atoms with Gasteiger partial charge in [0, 0.05) is 17.9 Å². The first-order chi connectivity index (χ1) is 9.56. The molecule has 0 atom stereocenters. The summed E-state index contributed by atoms with van der Waals surface area (Å²) in [6.45, 7) is 1.77. The first-order valence-corrected chi connectivity index (χ1v) is 6.40. The van der Waals surface area contributed by atoms with Gasteiger partial charge in [-0.1, -0.05) is 23.7 Å². The van der Waals surface area contributed by atoms with Crippen molar-refractivity contribution in [3.05, 3.63) is 34.9 Å². The minimum Gasteiger partial charge on any atom is -0.273 e. The zero-order chi connectivity index (χ0) is 14.5. The van der Waals surface area contributed by atoms with Gasteiger partial charge in [-0.05, 0) is 24.6 Å². The van der Waals surface area contributed by atoms with Gasteiger partial charge in [-0.15, -0.1) is 0 Å². The van der Waals surface area contributed by atoms with Gasteiger partial charge < -0.3 is 0 Å². The third-order valence-electron chi connectivity index (χ3n) is 2.75. The lowest BCUT2D eigenvalue weighted by atomic mass is 10.1. The molecule has 0 fully saturated rings. The Morgan fingerprint density at radius 3 is 2.65 bits per heavy atom. The van der Waals surface area contributed by atoms with Gasteiger partial charge in [0.1, 0.15) is 5.71 Å². The van der Waals surface area contributed by atoms with E-state index >= 15 is 0 Å². The van der Waals surface area contributed by atoms with E-state index < -0.39 is 5.91 Å². The van der Waals surface area contributed by atoms with Crippen LogP contribution in [0.2, 0.25) is 5.02 Å². The number of hydrogen-bond acceptors (Lipinski definition) is 4. The molecule has 20 heavy (non-hydrogen) atoms. The Morgan fingerprint density at radius 1 is 1.35 bits per heavy atom. The molecule has 0 saturated carbocycles. The predicted molar refractivity (Wildman–Crippen MR) is 76.6 cm³/mol. The summed E-state index contributed by atoms with van der Waals surface area (Å²) in [5.41, 5.74) is 6.44. The summed E-state index contributed by atoms with van der Waals surface area (Å²) in [6.07, 6.45) is 0.569. The molecule has 0 aliphatic carbocycles. The molecule has 1 aromatic carbocycles. The van der Waals surface area contributed by atoms with E-state index in [0.29, 0.717) is 17.2 Å². The monoisotopic (exact) mass is 292 g/mol. The van der Waals surface area contributed by atoms with Crippen molar-refractivity contribution in [2.45, 2.75) is 19.8 Å². The van der Waals surface area contributed by atoms with Crippen LogP contribution in [0.1, 0.15) is 25.3 Å². The van der Waals surface area contributed by atoms with Crippen LogP contribution in [0.5, 0.6) is 0 Å². The summed E-state index contributed by atoms with van der Waals surface area (Å²) in [6, 6.07) is 7.12. The molecule has 0 radical (unpaired) electrons. The SMILES string of the molecule is CC(=NNC(=O)C1=NNC(=O)CC1)c1ccc(Cl)cc1. The van der Waals surface area contributed by atoms with Crippen LogP contribution in [0.15, 0.2) is 34.5 Å². The number of rotatable bonds is 3. The average Bonchev–Trinajstić information content (AvgIpc) is 2.46. The third kappa shape index (κ3) is 3.64. The van der Waals surface area contributed by atoms with E-state index in [0.717, 1.165) is 5.56 Å². The van der Waals surface area contributed by atoms with E-state index in [1.807, 2.05) is 12.1 Å². The van der Waals surface area contributed by atoms with Crippen LogP contribution in [-0.4, -0.2) is 23.2 Å². The normalized spacial score (nSPS) is 15.4. The highest BCUT2D eigenvalue weighted by Crippen LogP contribution is 2.10. The Kier molecular flexibility index (Phi) is 4.47. The molecule has 6 nitrogen and oxygen atoms in total. The maximum absolute atomic E-state index is 11.8.